The van der Waals surface area contributed by atoms with Crippen LogP contribution in [0.4, 0.5) is 0 Å². The minimum atomic E-state index is -1.96. The van der Waals surface area contributed by atoms with Crippen molar-refractivity contribution in [1.29, 1.82) is 0 Å². The van der Waals surface area contributed by atoms with Crippen LogP contribution >= 0.6 is 0 Å². The molecule has 1 aliphatic heterocycles. The third-order valence-electron chi connectivity index (χ3n) is 4.92. The van der Waals surface area contributed by atoms with Gasteiger partial charge >= 0.3 is 5.97 Å². The molecule has 0 bridgehead atoms. The number of ether oxygens (including phenoxy) is 2. The first kappa shape index (κ1) is 22.6. The van der Waals surface area contributed by atoms with E-state index in [0.29, 0.717) is 19.4 Å². The zero-order valence-electron chi connectivity index (χ0n) is 16.9. The lowest BCUT2D eigenvalue weighted by atomic mass is 10.1. The molecule has 0 radical (unpaired) electrons. The number of esters is 1. The highest BCUT2D eigenvalue weighted by atomic mass is 28.4. The van der Waals surface area contributed by atoms with E-state index in [9.17, 15) is 9.59 Å². The minimum Gasteiger partial charge on any atom is -0.460 e. The SMILES string of the molecule is C=C(C[C@@H](CO[Si](C)(C)C(C)(C)C)OC(=O)CCC#CC)[C@@H]1O[C@H]1C=O. The van der Waals surface area contributed by atoms with Crippen LogP contribution in [0.3, 0.4) is 0 Å². The van der Waals surface area contributed by atoms with E-state index in [0.717, 1.165) is 11.9 Å². The third kappa shape index (κ3) is 7.06. The third-order valence-corrected chi connectivity index (χ3v) is 9.42. The van der Waals surface area contributed by atoms with Gasteiger partial charge in [-0.25, -0.2) is 0 Å². The molecule has 26 heavy (non-hydrogen) atoms. The van der Waals surface area contributed by atoms with Crippen molar-refractivity contribution in [3.05, 3.63) is 12.2 Å². The van der Waals surface area contributed by atoms with Gasteiger partial charge in [0.05, 0.1) is 13.0 Å². The van der Waals surface area contributed by atoms with Gasteiger partial charge in [-0.2, -0.15) is 0 Å². The van der Waals surface area contributed by atoms with Crippen LogP contribution in [0.1, 0.15) is 47.0 Å². The zero-order chi connectivity index (χ0) is 20.0. The van der Waals surface area contributed by atoms with Gasteiger partial charge in [0.1, 0.15) is 18.3 Å². The molecule has 0 spiro atoms. The lowest BCUT2D eigenvalue weighted by Gasteiger charge is -2.37. The Morgan fingerprint density at radius 2 is 2.04 bits per heavy atom. The molecule has 0 aliphatic carbocycles. The summed E-state index contributed by atoms with van der Waals surface area (Å²) in [6.07, 6.45) is 0.801. The van der Waals surface area contributed by atoms with Gasteiger partial charge in [0.2, 0.25) is 0 Å². The van der Waals surface area contributed by atoms with Crippen LogP contribution in [0.2, 0.25) is 18.1 Å². The van der Waals surface area contributed by atoms with Crippen LogP contribution < -0.4 is 0 Å². The van der Waals surface area contributed by atoms with E-state index in [4.69, 9.17) is 13.9 Å². The molecule has 0 amide bonds. The number of hydrogen-bond donors (Lipinski definition) is 0. The topological polar surface area (TPSA) is 65.1 Å². The van der Waals surface area contributed by atoms with Gasteiger partial charge in [-0.1, -0.05) is 27.4 Å². The van der Waals surface area contributed by atoms with Gasteiger partial charge in [0.25, 0.3) is 0 Å². The smallest absolute Gasteiger partial charge is 0.307 e. The molecule has 3 atom stereocenters. The summed E-state index contributed by atoms with van der Waals surface area (Å²) in [7, 11) is -1.96. The lowest BCUT2D eigenvalue weighted by molar-refractivity contribution is -0.150. The Morgan fingerprint density at radius 3 is 2.54 bits per heavy atom. The average Bonchev–Trinajstić information content (AvgIpc) is 3.31. The summed E-state index contributed by atoms with van der Waals surface area (Å²) in [6.45, 7) is 16.8. The summed E-state index contributed by atoms with van der Waals surface area (Å²) >= 11 is 0. The molecule has 1 saturated heterocycles. The summed E-state index contributed by atoms with van der Waals surface area (Å²) in [5, 5.41) is 0.0670. The van der Waals surface area contributed by atoms with E-state index >= 15 is 0 Å². The fourth-order valence-corrected chi connectivity index (χ4v) is 3.19. The van der Waals surface area contributed by atoms with E-state index in [1.54, 1.807) is 6.92 Å². The van der Waals surface area contributed by atoms with Gasteiger partial charge in [-0.3, -0.25) is 4.79 Å². The molecule has 0 N–H and O–H groups in total. The Morgan fingerprint density at radius 1 is 1.38 bits per heavy atom. The molecule has 1 fully saturated rings. The number of carbonyl (C=O) groups excluding carboxylic acids is 2. The Labute approximate surface area is 158 Å². The molecular weight excluding hydrogens is 348 g/mol. The van der Waals surface area contributed by atoms with Crippen molar-refractivity contribution in [2.45, 2.75) is 83.4 Å². The summed E-state index contributed by atoms with van der Waals surface area (Å²) in [4.78, 5) is 22.9. The van der Waals surface area contributed by atoms with Crippen LogP contribution in [0, 0.1) is 11.8 Å². The van der Waals surface area contributed by atoms with Crippen molar-refractivity contribution in [1.82, 2.24) is 0 Å². The number of rotatable bonds is 10. The van der Waals surface area contributed by atoms with Crippen molar-refractivity contribution in [2.24, 2.45) is 0 Å². The van der Waals surface area contributed by atoms with Crippen molar-refractivity contribution < 1.29 is 23.5 Å². The van der Waals surface area contributed by atoms with Gasteiger partial charge in [0.15, 0.2) is 14.6 Å². The first-order valence-electron chi connectivity index (χ1n) is 9.03. The highest BCUT2D eigenvalue weighted by Gasteiger charge is 2.42. The van der Waals surface area contributed by atoms with Crippen molar-refractivity contribution in [2.75, 3.05) is 6.61 Å². The number of epoxide rings is 1. The number of carbonyl (C=O) groups is 2. The normalized spacial score (nSPS) is 20.5. The second-order valence-electron chi connectivity index (χ2n) is 8.13. The molecule has 0 saturated carbocycles. The maximum atomic E-state index is 12.1. The first-order chi connectivity index (χ1) is 12.0. The fourth-order valence-electron chi connectivity index (χ4n) is 2.15. The summed E-state index contributed by atoms with van der Waals surface area (Å²) in [5.74, 6) is 5.33. The zero-order valence-corrected chi connectivity index (χ0v) is 17.9. The fraction of sp³-hybridized carbons (Fsp3) is 0.700. The molecule has 6 heteroatoms. The largest absolute Gasteiger partial charge is 0.460 e. The molecule has 0 aromatic carbocycles. The van der Waals surface area contributed by atoms with Gasteiger partial charge in [-0.15, -0.1) is 11.8 Å². The van der Waals surface area contributed by atoms with E-state index in [-0.39, 0.29) is 23.5 Å². The van der Waals surface area contributed by atoms with Gasteiger partial charge < -0.3 is 18.7 Å². The minimum absolute atomic E-state index is 0.0670. The van der Waals surface area contributed by atoms with Crippen LogP contribution in [0.15, 0.2) is 12.2 Å². The van der Waals surface area contributed by atoms with E-state index in [1.807, 2.05) is 0 Å². The maximum Gasteiger partial charge on any atom is 0.307 e. The van der Waals surface area contributed by atoms with Crippen LogP contribution in [0.5, 0.6) is 0 Å². The Kier molecular flexibility index (Phi) is 8.26. The second-order valence-corrected chi connectivity index (χ2v) is 12.9. The van der Waals surface area contributed by atoms with E-state index in [1.165, 1.54) is 0 Å². The average molecular weight is 381 g/mol. The van der Waals surface area contributed by atoms with Crippen LogP contribution in [0.25, 0.3) is 0 Å². The Hall–Kier alpha value is -1.42. The van der Waals surface area contributed by atoms with Gasteiger partial charge in [-0.05, 0) is 30.6 Å². The molecule has 0 unspecified atom stereocenters. The van der Waals surface area contributed by atoms with Gasteiger partial charge in [0, 0.05) is 12.8 Å². The van der Waals surface area contributed by atoms with E-state index < -0.39 is 20.5 Å². The standard InChI is InChI=1S/C20H32O5Si/c1-8-9-10-11-18(22)24-16(12-15(2)19-17(13-21)25-19)14-23-26(6,7)20(3,4)5/h13,16-17,19H,2,10-12,14H2,1,3-7H3/t16-,17-,19-/m0/s1. The predicted molar refractivity (Wildman–Crippen MR) is 104 cm³/mol. The summed E-state index contributed by atoms with van der Waals surface area (Å²) in [6, 6.07) is 0. The molecule has 0 aromatic heterocycles. The van der Waals surface area contributed by atoms with Crippen molar-refractivity contribution in [3.63, 3.8) is 0 Å². The number of aldehydes is 1. The Balaban J connectivity index is 2.67. The van der Waals surface area contributed by atoms with Crippen LogP contribution in [-0.4, -0.2) is 45.5 Å². The summed E-state index contributed by atoms with van der Waals surface area (Å²) < 4.78 is 17.1. The molecule has 1 aliphatic rings. The molecule has 0 aromatic rings. The quantitative estimate of drug-likeness (QED) is 0.145. The molecule has 146 valence electrons. The predicted octanol–water partition coefficient (Wildman–Crippen LogP) is 3.64. The highest BCUT2D eigenvalue weighted by Crippen LogP contribution is 2.37. The summed E-state index contributed by atoms with van der Waals surface area (Å²) in [5.41, 5.74) is 0.757. The second kappa shape index (κ2) is 9.49. The van der Waals surface area contributed by atoms with E-state index in [2.05, 4.69) is 52.3 Å². The lowest BCUT2D eigenvalue weighted by Crippen LogP contribution is -2.43. The van der Waals surface area contributed by atoms with Crippen molar-refractivity contribution in [3.8, 4) is 11.8 Å². The van der Waals surface area contributed by atoms with Crippen LogP contribution in [-0.2, 0) is 23.5 Å². The molecular formula is C20H32O5Si. The number of hydrogen-bond acceptors (Lipinski definition) is 5. The molecule has 1 rings (SSSR count). The monoisotopic (exact) mass is 380 g/mol. The maximum absolute atomic E-state index is 12.1. The molecule has 1 heterocycles. The van der Waals surface area contributed by atoms with Crippen molar-refractivity contribution >= 4 is 20.6 Å². The Bertz CT molecular complexity index is 579. The molecule has 5 nitrogen and oxygen atoms in total. The highest BCUT2D eigenvalue weighted by molar-refractivity contribution is 6.74. The first-order valence-corrected chi connectivity index (χ1v) is 11.9.